The van der Waals surface area contributed by atoms with Gasteiger partial charge in [0.05, 0.1) is 5.69 Å². The van der Waals surface area contributed by atoms with Crippen LogP contribution >= 0.6 is 0 Å². The summed E-state index contributed by atoms with van der Waals surface area (Å²) in [5, 5.41) is 12.1. The van der Waals surface area contributed by atoms with Gasteiger partial charge in [-0.05, 0) is 32.1 Å². The van der Waals surface area contributed by atoms with E-state index in [2.05, 4.69) is 22.2 Å². The number of nitrogens with two attached hydrogens (primary N) is 1. The maximum absolute atomic E-state index is 8.82. The van der Waals surface area contributed by atoms with Gasteiger partial charge >= 0.3 is 0 Å². The van der Waals surface area contributed by atoms with E-state index in [1.807, 2.05) is 12.1 Å². The summed E-state index contributed by atoms with van der Waals surface area (Å²) in [7, 11) is 2.10. The van der Waals surface area contributed by atoms with Gasteiger partial charge < -0.3 is 16.0 Å². The first-order chi connectivity index (χ1) is 7.69. The summed E-state index contributed by atoms with van der Waals surface area (Å²) in [5.41, 5.74) is 6.32. The second kappa shape index (κ2) is 4.37. The normalized spacial score (nSPS) is 20.6. The van der Waals surface area contributed by atoms with E-state index in [-0.39, 0.29) is 5.69 Å². The van der Waals surface area contributed by atoms with Gasteiger partial charge in [-0.3, -0.25) is 0 Å². The van der Waals surface area contributed by atoms with Crippen LogP contribution in [0.5, 0.6) is 0 Å². The van der Waals surface area contributed by atoms with Gasteiger partial charge in [-0.25, -0.2) is 4.98 Å². The predicted molar refractivity (Wildman–Crippen MR) is 62.9 cm³/mol. The highest BCUT2D eigenvalue weighted by Crippen LogP contribution is 2.16. The van der Waals surface area contributed by atoms with Crippen molar-refractivity contribution < 1.29 is 0 Å². The lowest BCUT2D eigenvalue weighted by Gasteiger charge is -2.13. The fourth-order valence-electron chi connectivity index (χ4n) is 1.90. The first-order valence-electron chi connectivity index (χ1n) is 5.31. The predicted octanol–water partition coefficient (Wildman–Crippen LogP) is 0.651. The summed E-state index contributed by atoms with van der Waals surface area (Å²) in [4.78, 5) is 6.43. The monoisotopic (exact) mass is 217 g/mol. The average Bonchev–Trinajstić information content (AvgIpc) is 2.67. The molecule has 1 fully saturated rings. The zero-order valence-electron chi connectivity index (χ0n) is 9.27. The number of nitrogens with zero attached hydrogens (tertiary/aromatic N) is 3. The Bertz CT molecular complexity index is 423. The van der Waals surface area contributed by atoms with Crippen molar-refractivity contribution in [3.8, 4) is 6.07 Å². The molecule has 1 aliphatic rings. The SMILES string of the molecule is CN1CCC(Nc2ccc(N)c(C#N)n2)C1. The van der Waals surface area contributed by atoms with Crippen LogP contribution in [0.2, 0.25) is 0 Å². The number of aromatic nitrogens is 1. The Kier molecular flexibility index (Phi) is 2.93. The van der Waals surface area contributed by atoms with Gasteiger partial charge in [0.15, 0.2) is 5.69 Å². The summed E-state index contributed by atoms with van der Waals surface area (Å²) >= 11 is 0. The van der Waals surface area contributed by atoms with Gasteiger partial charge in [0.2, 0.25) is 0 Å². The third kappa shape index (κ3) is 2.23. The largest absolute Gasteiger partial charge is 0.396 e. The van der Waals surface area contributed by atoms with E-state index in [0.717, 1.165) is 25.3 Å². The Morgan fingerprint density at radius 1 is 1.62 bits per heavy atom. The van der Waals surface area contributed by atoms with Gasteiger partial charge in [0.1, 0.15) is 11.9 Å². The second-order valence-electron chi connectivity index (χ2n) is 4.14. The summed E-state index contributed by atoms with van der Waals surface area (Å²) < 4.78 is 0. The standard InChI is InChI=1S/C11H15N5/c1-16-5-4-8(7-16)14-11-3-2-9(13)10(6-12)15-11/h2-3,8H,4-5,7,13H2,1H3,(H,14,15). The van der Waals surface area contributed by atoms with E-state index in [1.54, 1.807) is 6.07 Å². The fraction of sp³-hybridized carbons (Fsp3) is 0.455. The number of likely N-dealkylation sites (N-methyl/N-ethyl adjacent to an activating group) is 1. The zero-order valence-corrected chi connectivity index (χ0v) is 9.27. The Morgan fingerprint density at radius 3 is 3.06 bits per heavy atom. The molecule has 1 aromatic rings. The molecule has 1 unspecified atom stereocenters. The Labute approximate surface area is 94.9 Å². The summed E-state index contributed by atoms with van der Waals surface area (Å²) in [6.45, 7) is 2.10. The molecule has 3 N–H and O–H groups in total. The van der Waals surface area contributed by atoms with E-state index in [1.165, 1.54) is 0 Å². The molecule has 1 atom stereocenters. The number of rotatable bonds is 2. The Morgan fingerprint density at radius 2 is 2.44 bits per heavy atom. The van der Waals surface area contributed by atoms with Crippen molar-refractivity contribution in [1.82, 2.24) is 9.88 Å². The van der Waals surface area contributed by atoms with Crippen molar-refractivity contribution in [2.75, 3.05) is 31.2 Å². The molecule has 0 aliphatic carbocycles. The quantitative estimate of drug-likeness (QED) is 0.760. The molecule has 1 saturated heterocycles. The molecule has 0 spiro atoms. The highest BCUT2D eigenvalue weighted by Gasteiger charge is 2.19. The van der Waals surface area contributed by atoms with Gasteiger partial charge in [-0.2, -0.15) is 5.26 Å². The third-order valence-corrected chi connectivity index (χ3v) is 2.78. The summed E-state index contributed by atoms with van der Waals surface area (Å²) in [5.74, 6) is 0.728. The van der Waals surface area contributed by atoms with Gasteiger partial charge in [-0.15, -0.1) is 0 Å². The lowest BCUT2D eigenvalue weighted by Crippen LogP contribution is -2.24. The van der Waals surface area contributed by atoms with Crippen molar-refractivity contribution in [3.05, 3.63) is 17.8 Å². The molecule has 84 valence electrons. The molecule has 5 heteroatoms. The minimum Gasteiger partial charge on any atom is -0.396 e. The lowest BCUT2D eigenvalue weighted by molar-refractivity contribution is 0.414. The minimum absolute atomic E-state index is 0.288. The second-order valence-corrected chi connectivity index (χ2v) is 4.14. The Hall–Kier alpha value is -1.80. The van der Waals surface area contributed by atoms with Crippen molar-refractivity contribution in [3.63, 3.8) is 0 Å². The molecule has 0 radical (unpaired) electrons. The molecular weight excluding hydrogens is 202 g/mol. The number of likely N-dealkylation sites (tertiary alicyclic amines) is 1. The lowest BCUT2D eigenvalue weighted by atomic mass is 10.2. The van der Waals surface area contributed by atoms with E-state index >= 15 is 0 Å². The molecule has 5 nitrogen and oxygen atoms in total. The van der Waals surface area contributed by atoms with Gasteiger partial charge in [0.25, 0.3) is 0 Å². The van der Waals surface area contributed by atoms with Crippen LogP contribution in [0.3, 0.4) is 0 Å². The van der Waals surface area contributed by atoms with Crippen LogP contribution in [-0.4, -0.2) is 36.1 Å². The molecule has 2 heterocycles. The van der Waals surface area contributed by atoms with Gasteiger partial charge in [-0.1, -0.05) is 0 Å². The van der Waals surface area contributed by atoms with Crippen molar-refractivity contribution in [1.29, 1.82) is 5.26 Å². The Balaban J connectivity index is 2.08. The molecule has 1 aliphatic heterocycles. The first kappa shape index (κ1) is 10.7. The van der Waals surface area contributed by atoms with Crippen LogP contribution < -0.4 is 11.1 Å². The van der Waals surface area contributed by atoms with Crippen molar-refractivity contribution >= 4 is 11.5 Å². The number of nitriles is 1. The molecule has 0 aromatic carbocycles. The first-order valence-corrected chi connectivity index (χ1v) is 5.31. The van der Waals surface area contributed by atoms with Crippen LogP contribution in [-0.2, 0) is 0 Å². The maximum Gasteiger partial charge on any atom is 0.165 e. The molecule has 16 heavy (non-hydrogen) atoms. The number of anilines is 2. The van der Waals surface area contributed by atoms with E-state index in [9.17, 15) is 0 Å². The maximum atomic E-state index is 8.82. The summed E-state index contributed by atoms with van der Waals surface area (Å²) in [6, 6.07) is 5.92. The molecule has 0 saturated carbocycles. The van der Waals surface area contributed by atoms with E-state index in [4.69, 9.17) is 11.0 Å². The van der Waals surface area contributed by atoms with Crippen LogP contribution in [0.4, 0.5) is 11.5 Å². The topological polar surface area (TPSA) is 78.0 Å². The molecule has 1 aromatic heterocycles. The number of nitrogens with one attached hydrogen (secondary N) is 1. The number of hydrogen-bond acceptors (Lipinski definition) is 5. The molecular formula is C11H15N5. The van der Waals surface area contributed by atoms with Crippen LogP contribution in [0.1, 0.15) is 12.1 Å². The third-order valence-electron chi connectivity index (χ3n) is 2.78. The van der Waals surface area contributed by atoms with Crippen LogP contribution in [0.25, 0.3) is 0 Å². The smallest absolute Gasteiger partial charge is 0.165 e. The highest BCUT2D eigenvalue weighted by atomic mass is 15.2. The molecule has 0 amide bonds. The molecule has 2 rings (SSSR count). The summed E-state index contributed by atoms with van der Waals surface area (Å²) in [6.07, 6.45) is 1.10. The van der Waals surface area contributed by atoms with E-state index in [0.29, 0.717) is 11.7 Å². The fourth-order valence-corrected chi connectivity index (χ4v) is 1.90. The van der Waals surface area contributed by atoms with E-state index < -0.39 is 0 Å². The van der Waals surface area contributed by atoms with Gasteiger partial charge in [0, 0.05) is 12.6 Å². The number of nitrogen functional groups attached to an aromatic ring is 1. The van der Waals surface area contributed by atoms with Crippen molar-refractivity contribution in [2.45, 2.75) is 12.5 Å². The van der Waals surface area contributed by atoms with Crippen LogP contribution in [0.15, 0.2) is 12.1 Å². The highest BCUT2D eigenvalue weighted by molar-refractivity contribution is 5.54. The average molecular weight is 217 g/mol. The number of pyridine rings is 1. The van der Waals surface area contributed by atoms with Crippen LogP contribution in [0, 0.1) is 11.3 Å². The minimum atomic E-state index is 0.288. The molecule has 0 bridgehead atoms. The number of hydrogen-bond donors (Lipinski definition) is 2. The zero-order chi connectivity index (χ0) is 11.5. The van der Waals surface area contributed by atoms with Crippen molar-refractivity contribution in [2.24, 2.45) is 0 Å².